The van der Waals surface area contributed by atoms with E-state index in [1.54, 1.807) is 18.2 Å². The number of para-hydroxylation sites is 1. The molecule has 1 aromatic heterocycles. The molecule has 1 unspecified atom stereocenters. The maximum atomic E-state index is 15.1. The molecule has 13 heteroatoms. The van der Waals surface area contributed by atoms with E-state index in [0.29, 0.717) is 74.9 Å². The molecule has 45 heavy (non-hydrogen) atoms. The van der Waals surface area contributed by atoms with Gasteiger partial charge in [-0.25, -0.2) is 8.78 Å². The summed E-state index contributed by atoms with van der Waals surface area (Å²) in [7, 11) is 0. The van der Waals surface area contributed by atoms with Gasteiger partial charge in [-0.1, -0.05) is 12.1 Å². The highest BCUT2D eigenvalue weighted by molar-refractivity contribution is 6.01. The number of phenolic OH excluding ortho intramolecular Hbond substituents is 1. The molecule has 11 nitrogen and oxygen atoms in total. The largest absolute Gasteiger partial charge is 0.507 e. The molecule has 0 spiro atoms. The fourth-order valence-corrected chi connectivity index (χ4v) is 7.01. The minimum atomic E-state index is -1.04. The van der Waals surface area contributed by atoms with E-state index >= 15 is 8.78 Å². The third kappa shape index (κ3) is 5.40. The van der Waals surface area contributed by atoms with Gasteiger partial charge in [0.15, 0.2) is 5.82 Å². The smallest absolute Gasteiger partial charge is 0.234 e. The van der Waals surface area contributed by atoms with Gasteiger partial charge in [0.25, 0.3) is 0 Å². The van der Waals surface area contributed by atoms with Crippen molar-refractivity contribution in [3.05, 3.63) is 59.7 Å². The van der Waals surface area contributed by atoms with Gasteiger partial charge in [-0.15, -0.1) is 10.2 Å². The minimum absolute atomic E-state index is 0.0352. The summed E-state index contributed by atoms with van der Waals surface area (Å²) >= 11 is 0. The Morgan fingerprint density at radius 2 is 1.71 bits per heavy atom. The standard InChI is InChI=1S/C32H33F2N7O4/c33-23-13-19(14-24(34)29(23)22-5-6-28(43)36-31(22)44)39-9-7-18(8-10-39)32(45)40-11-12-41-20(17-40)16-35-30-26(41)15-25(37-38-30)21-3-1-2-4-27(21)42/h1-4,13-15,18,20,22,42H,5-12,16-17H2,(H,35,38)(H,36,43,44)/t20-,22?/m0/s1. The Hall–Kier alpha value is -4.81. The minimum Gasteiger partial charge on any atom is -0.507 e. The number of fused-ring (bicyclic) bond motifs is 3. The van der Waals surface area contributed by atoms with Crippen LogP contribution in [0.15, 0.2) is 42.5 Å². The topological polar surface area (TPSA) is 131 Å². The van der Waals surface area contributed by atoms with Crippen molar-refractivity contribution in [2.75, 3.05) is 54.4 Å². The maximum absolute atomic E-state index is 15.1. The van der Waals surface area contributed by atoms with E-state index in [1.165, 1.54) is 12.1 Å². The first kappa shape index (κ1) is 28.9. The van der Waals surface area contributed by atoms with Crippen LogP contribution in [0.25, 0.3) is 11.3 Å². The van der Waals surface area contributed by atoms with Crippen LogP contribution < -0.4 is 20.4 Å². The molecule has 0 radical (unpaired) electrons. The summed E-state index contributed by atoms with van der Waals surface area (Å²) in [5.41, 5.74) is 2.13. The molecular formula is C32H33F2N7O4. The molecule has 234 valence electrons. The van der Waals surface area contributed by atoms with Crippen molar-refractivity contribution in [2.45, 2.75) is 37.6 Å². The monoisotopic (exact) mass is 617 g/mol. The quantitative estimate of drug-likeness (QED) is 0.378. The zero-order valence-electron chi connectivity index (χ0n) is 24.5. The molecule has 0 aliphatic carbocycles. The molecule has 5 heterocycles. The molecule has 0 bridgehead atoms. The predicted octanol–water partition coefficient (Wildman–Crippen LogP) is 3.01. The number of halogens is 2. The van der Waals surface area contributed by atoms with Gasteiger partial charge in [-0.3, -0.25) is 19.7 Å². The van der Waals surface area contributed by atoms with Crippen LogP contribution in [0.5, 0.6) is 5.75 Å². The van der Waals surface area contributed by atoms with E-state index in [0.717, 1.165) is 5.69 Å². The number of amides is 3. The molecule has 3 N–H and O–H groups in total. The fourth-order valence-electron chi connectivity index (χ4n) is 7.01. The molecule has 3 fully saturated rings. The van der Waals surface area contributed by atoms with Crippen molar-refractivity contribution in [3.8, 4) is 17.0 Å². The van der Waals surface area contributed by atoms with Crippen LogP contribution in [0, 0.1) is 17.6 Å². The Morgan fingerprint density at radius 1 is 0.956 bits per heavy atom. The van der Waals surface area contributed by atoms with Gasteiger partial charge in [0.1, 0.15) is 17.4 Å². The number of aromatic nitrogens is 2. The van der Waals surface area contributed by atoms with Crippen molar-refractivity contribution < 1.29 is 28.3 Å². The summed E-state index contributed by atoms with van der Waals surface area (Å²) in [5.74, 6) is -3.07. The maximum Gasteiger partial charge on any atom is 0.234 e. The zero-order chi connectivity index (χ0) is 31.2. The van der Waals surface area contributed by atoms with E-state index in [-0.39, 0.29) is 42.0 Å². The zero-order valence-corrected chi connectivity index (χ0v) is 24.5. The van der Waals surface area contributed by atoms with E-state index in [9.17, 15) is 19.5 Å². The third-order valence-corrected chi connectivity index (χ3v) is 9.42. The number of carbonyl (C=O) groups excluding carboxylic acids is 3. The van der Waals surface area contributed by atoms with Crippen LogP contribution in [0.2, 0.25) is 0 Å². The molecule has 3 saturated heterocycles. The second-order valence-electron chi connectivity index (χ2n) is 12.1. The number of imide groups is 1. The number of aromatic hydroxyl groups is 1. The SMILES string of the molecule is O=C1CCC(c2c(F)cc(N3CCC(C(=O)N4CCN5c6cc(-c7ccccc7O)nnc6NC[C@H]5C4)CC3)cc2F)C(=O)N1. The number of piperazine rings is 1. The highest BCUT2D eigenvalue weighted by Crippen LogP contribution is 2.37. The first-order chi connectivity index (χ1) is 21.8. The van der Waals surface area contributed by atoms with Crippen molar-refractivity contribution in [1.29, 1.82) is 0 Å². The van der Waals surface area contributed by atoms with Crippen LogP contribution in [-0.2, 0) is 14.4 Å². The molecule has 2 atom stereocenters. The Morgan fingerprint density at radius 3 is 2.44 bits per heavy atom. The third-order valence-electron chi connectivity index (χ3n) is 9.42. The lowest BCUT2D eigenvalue weighted by Gasteiger charge is -2.46. The highest BCUT2D eigenvalue weighted by Gasteiger charge is 2.38. The predicted molar refractivity (Wildman–Crippen MR) is 162 cm³/mol. The lowest BCUT2D eigenvalue weighted by Crippen LogP contribution is -2.60. The number of rotatable bonds is 4. The van der Waals surface area contributed by atoms with E-state index < -0.39 is 29.4 Å². The lowest BCUT2D eigenvalue weighted by atomic mass is 9.89. The van der Waals surface area contributed by atoms with E-state index in [1.807, 2.05) is 21.9 Å². The fraction of sp³-hybridized carbons (Fsp3) is 0.406. The van der Waals surface area contributed by atoms with Crippen LogP contribution in [0.1, 0.15) is 37.2 Å². The Balaban J connectivity index is 0.981. The molecule has 7 rings (SSSR count). The average molecular weight is 618 g/mol. The van der Waals surface area contributed by atoms with Crippen molar-refractivity contribution in [2.24, 2.45) is 5.92 Å². The average Bonchev–Trinajstić information content (AvgIpc) is 3.04. The molecule has 3 aromatic rings. The lowest BCUT2D eigenvalue weighted by molar-refractivity contribution is -0.137. The Kier molecular flexibility index (Phi) is 7.46. The highest BCUT2D eigenvalue weighted by atomic mass is 19.1. The van der Waals surface area contributed by atoms with Crippen LogP contribution >= 0.6 is 0 Å². The number of hydrogen-bond acceptors (Lipinski definition) is 9. The van der Waals surface area contributed by atoms with Crippen LogP contribution in [-0.4, -0.2) is 83.2 Å². The van der Waals surface area contributed by atoms with Gasteiger partial charge in [0.05, 0.1) is 23.3 Å². The van der Waals surface area contributed by atoms with Gasteiger partial charge in [-0.2, -0.15) is 0 Å². The van der Waals surface area contributed by atoms with Crippen molar-refractivity contribution in [1.82, 2.24) is 20.4 Å². The number of piperidine rings is 2. The number of phenols is 1. The van der Waals surface area contributed by atoms with Gasteiger partial charge in [0.2, 0.25) is 17.7 Å². The summed E-state index contributed by atoms with van der Waals surface area (Å²) in [5, 5.41) is 24.4. The summed E-state index contributed by atoms with van der Waals surface area (Å²) in [6.07, 6.45) is 1.22. The second-order valence-corrected chi connectivity index (χ2v) is 12.1. The molecule has 0 saturated carbocycles. The van der Waals surface area contributed by atoms with Gasteiger partial charge >= 0.3 is 0 Å². The van der Waals surface area contributed by atoms with Gasteiger partial charge in [-0.05, 0) is 49.6 Å². The molecule has 4 aliphatic rings. The normalized spacial score (nSPS) is 22.0. The first-order valence-electron chi connectivity index (χ1n) is 15.3. The molecule has 3 amide bonds. The second kappa shape index (κ2) is 11.6. The van der Waals surface area contributed by atoms with E-state index in [4.69, 9.17) is 0 Å². The number of hydrogen-bond donors (Lipinski definition) is 3. The first-order valence-corrected chi connectivity index (χ1v) is 15.3. The molecular weight excluding hydrogens is 584 g/mol. The van der Waals surface area contributed by atoms with Crippen LogP contribution in [0.3, 0.4) is 0 Å². The summed E-state index contributed by atoms with van der Waals surface area (Å²) in [4.78, 5) is 43.3. The summed E-state index contributed by atoms with van der Waals surface area (Å²) in [6, 6.07) is 11.5. The van der Waals surface area contributed by atoms with Gasteiger partial charge in [0, 0.05) is 68.4 Å². The number of carbonyl (C=O) groups is 3. The molecule has 4 aliphatic heterocycles. The number of benzene rings is 2. The van der Waals surface area contributed by atoms with Crippen LogP contribution in [0.4, 0.5) is 26.0 Å². The Bertz CT molecular complexity index is 1660. The van der Waals surface area contributed by atoms with Crippen molar-refractivity contribution >= 4 is 34.9 Å². The Labute approximate surface area is 258 Å². The van der Waals surface area contributed by atoms with Crippen molar-refractivity contribution in [3.63, 3.8) is 0 Å². The number of nitrogens with zero attached hydrogens (tertiary/aromatic N) is 5. The number of anilines is 3. The number of nitrogens with one attached hydrogen (secondary N) is 2. The molecule has 2 aromatic carbocycles. The van der Waals surface area contributed by atoms with E-state index in [2.05, 4.69) is 25.7 Å². The van der Waals surface area contributed by atoms with Gasteiger partial charge < -0.3 is 25.1 Å². The summed E-state index contributed by atoms with van der Waals surface area (Å²) < 4.78 is 30.2. The summed E-state index contributed by atoms with van der Waals surface area (Å²) in [6.45, 7) is 3.30.